The van der Waals surface area contributed by atoms with E-state index in [1.807, 2.05) is 19.1 Å². The second kappa shape index (κ2) is 8.25. The number of anilines is 1. The van der Waals surface area contributed by atoms with Crippen LogP contribution >= 0.6 is 0 Å². The molecule has 1 aromatic heterocycles. The third kappa shape index (κ3) is 4.77. The number of hydrogen-bond acceptors (Lipinski definition) is 6. The van der Waals surface area contributed by atoms with Crippen LogP contribution in [0.3, 0.4) is 0 Å². The number of amides is 1. The SMILES string of the molecule is CC(=O)c1ccccc1NC(=O)CN1CCN(Cc2cc(C)no2)CC1. The standard InChI is InChI=1S/C19H24N4O3/c1-14-11-16(26-21-14)12-22-7-9-23(10-8-22)13-19(25)20-18-6-4-3-5-17(18)15(2)24/h3-6,11H,7-10,12-13H2,1-2H3,(H,20,25). The molecule has 0 spiro atoms. The molecule has 0 atom stereocenters. The lowest BCUT2D eigenvalue weighted by molar-refractivity contribution is -0.117. The van der Waals surface area contributed by atoms with E-state index in [0.717, 1.165) is 44.2 Å². The number of carbonyl (C=O) groups excluding carboxylic acids is 2. The molecule has 7 heteroatoms. The van der Waals surface area contributed by atoms with Crippen LogP contribution in [0.5, 0.6) is 0 Å². The molecular formula is C19H24N4O3. The summed E-state index contributed by atoms with van der Waals surface area (Å²) in [6.07, 6.45) is 0. The Morgan fingerprint density at radius 2 is 1.85 bits per heavy atom. The molecule has 2 heterocycles. The van der Waals surface area contributed by atoms with Crippen molar-refractivity contribution in [2.75, 3.05) is 38.0 Å². The van der Waals surface area contributed by atoms with Gasteiger partial charge in [-0.1, -0.05) is 17.3 Å². The number of rotatable bonds is 6. The highest BCUT2D eigenvalue weighted by Crippen LogP contribution is 2.16. The lowest BCUT2D eigenvalue weighted by Gasteiger charge is -2.33. The van der Waals surface area contributed by atoms with Crippen molar-refractivity contribution in [3.8, 4) is 0 Å². The van der Waals surface area contributed by atoms with Crippen molar-refractivity contribution < 1.29 is 14.1 Å². The van der Waals surface area contributed by atoms with Crippen molar-refractivity contribution in [2.24, 2.45) is 0 Å². The second-order valence-electron chi connectivity index (χ2n) is 6.64. The minimum absolute atomic E-state index is 0.0582. The Hall–Kier alpha value is -2.51. The van der Waals surface area contributed by atoms with E-state index in [2.05, 4.69) is 20.3 Å². The van der Waals surface area contributed by atoms with E-state index in [4.69, 9.17) is 4.52 Å². The van der Waals surface area contributed by atoms with Gasteiger partial charge in [-0.15, -0.1) is 0 Å². The van der Waals surface area contributed by atoms with Gasteiger partial charge in [0.05, 0.1) is 24.5 Å². The van der Waals surface area contributed by atoms with E-state index in [9.17, 15) is 9.59 Å². The van der Waals surface area contributed by atoms with Crippen molar-refractivity contribution in [1.82, 2.24) is 15.0 Å². The minimum Gasteiger partial charge on any atom is -0.360 e. The fourth-order valence-electron chi connectivity index (χ4n) is 3.11. The van der Waals surface area contributed by atoms with Gasteiger partial charge in [-0.25, -0.2) is 0 Å². The number of aryl methyl sites for hydroxylation is 1. The number of carbonyl (C=O) groups is 2. The summed E-state index contributed by atoms with van der Waals surface area (Å²) < 4.78 is 5.26. The molecule has 0 unspecified atom stereocenters. The predicted molar refractivity (Wildman–Crippen MR) is 98.0 cm³/mol. The van der Waals surface area contributed by atoms with Crippen molar-refractivity contribution in [3.05, 3.63) is 47.3 Å². The van der Waals surface area contributed by atoms with Crippen LogP contribution in [-0.2, 0) is 11.3 Å². The number of hydrogen-bond donors (Lipinski definition) is 1. The van der Waals surface area contributed by atoms with Gasteiger partial charge < -0.3 is 9.84 Å². The van der Waals surface area contributed by atoms with Gasteiger partial charge in [0.1, 0.15) is 0 Å². The van der Waals surface area contributed by atoms with Gasteiger partial charge in [0, 0.05) is 37.8 Å². The molecule has 0 saturated carbocycles. The summed E-state index contributed by atoms with van der Waals surface area (Å²) in [6.45, 7) is 7.85. The first kappa shape index (κ1) is 18.3. The van der Waals surface area contributed by atoms with Gasteiger partial charge in [-0.05, 0) is 26.0 Å². The average Bonchev–Trinajstić information content (AvgIpc) is 3.02. The molecule has 3 rings (SSSR count). The number of ketones is 1. The first-order valence-electron chi connectivity index (χ1n) is 8.78. The molecule has 0 radical (unpaired) electrons. The molecule has 1 N–H and O–H groups in total. The number of benzene rings is 1. The Morgan fingerprint density at radius 1 is 1.15 bits per heavy atom. The van der Waals surface area contributed by atoms with Gasteiger partial charge in [-0.3, -0.25) is 19.4 Å². The number of piperazine rings is 1. The number of nitrogens with one attached hydrogen (secondary N) is 1. The first-order valence-corrected chi connectivity index (χ1v) is 8.78. The summed E-state index contributed by atoms with van der Waals surface area (Å²) in [6, 6.07) is 9.04. The van der Waals surface area contributed by atoms with E-state index in [1.165, 1.54) is 6.92 Å². The number of Topliss-reactive ketones (excluding diaryl/α,β-unsaturated/α-hetero) is 1. The maximum absolute atomic E-state index is 12.3. The lowest BCUT2D eigenvalue weighted by atomic mass is 10.1. The van der Waals surface area contributed by atoms with E-state index in [-0.39, 0.29) is 11.7 Å². The quantitative estimate of drug-likeness (QED) is 0.797. The van der Waals surface area contributed by atoms with Gasteiger partial charge in [0.15, 0.2) is 11.5 Å². The maximum atomic E-state index is 12.3. The fourth-order valence-corrected chi connectivity index (χ4v) is 3.11. The molecule has 1 aliphatic rings. The highest BCUT2D eigenvalue weighted by Gasteiger charge is 2.20. The molecule has 1 saturated heterocycles. The van der Waals surface area contributed by atoms with Gasteiger partial charge >= 0.3 is 0 Å². The molecule has 1 amide bonds. The number of nitrogens with zero attached hydrogens (tertiary/aromatic N) is 3. The highest BCUT2D eigenvalue weighted by atomic mass is 16.5. The molecule has 0 bridgehead atoms. The van der Waals surface area contributed by atoms with E-state index in [0.29, 0.717) is 17.8 Å². The van der Waals surface area contributed by atoms with Crippen molar-refractivity contribution in [2.45, 2.75) is 20.4 Å². The van der Waals surface area contributed by atoms with Crippen LogP contribution < -0.4 is 5.32 Å². The zero-order chi connectivity index (χ0) is 18.5. The molecule has 138 valence electrons. The van der Waals surface area contributed by atoms with E-state index < -0.39 is 0 Å². The molecular weight excluding hydrogens is 332 g/mol. The summed E-state index contributed by atoms with van der Waals surface area (Å²) in [4.78, 5) is 28.4. The smallest absolute Gasteiger partial charge is 0.238 e. The van der Waals surface area contributed by atoms with Crippen LogP contribution in [0.15, 0.2) is 34.9 Å². The van der Waals surface area contributed by atoms with Crippen LogP contribution in [0.25, 0.3) is 0 Å². The van der Waals surface area contributed by atoms with Crippen molar-refractivity contribution >= 4 is 17.4 Å². The molecule has 1 fully saturated rings. The zero-order valence-corrected chi connectivity index (χ0v) is 15.2. The first-order chi connectivity index (χ1) is 12.5. The molecule has 1 aromatic carbocycles. The summed E-state index contributed by atoms with van der Waals surface area (Å²) in [5, 5.41) is 6.76. The lowest BCUT2D eigenvalue weighted by Crippen LogP contribution is -2.48. The van der Waals surface area contributed by atoms with E-state index in [1.54, 1.807) is 18.2 Å². The van der Waals surface area contributed by atoms with Crippen LogP contribution in [0.2, 0.25) is 0 Å². The predicted octanol–water partition coefficient (Wildman–Crippen LogP) is 1.94. The van der Waals surface area contributed by atoms with Crippen LogP contribution in [0, 0.1) is 6.92 Å². The maximum Gasteiger partial charge on any atom is 0.238 e. The Labute approximate surface area is 152 Å². The van der Waals surface area contributed by atoms with Crippen LogP contribution in [0.1, 0.15) is 28.7 Å². The normalized spacial score (nSPS) is 15.8. The minimum atomic E-state index is -0.0991. The largest absolute Gasteiger partial charge is 0.360 e. The Balaban J connectivity index is 1.47. The monoisotopic (exact) mass is 356 g/mol. The van der Waals surface area contributed by atoms with Gasteiger partial charge in [0.25, 0.3) is 0 Å². The molecule has 7 nitrogen and oxygen atoms in total. The summed E-state index contributed by atoms with van der Waals surface area (Å²) >= 11 is 0. The summed E-state index contributed by atoms with van der Waals surface area (Å²) in [7, 11) is 0. The fraction of sp³-hybridized carbons (Fsp3) is 0.421. The molecule has 0 aliphatic carbocycles. The van der Waals surface area contributed by atoms with Gasteiger partial charge in [0.2, 0.25) is 5.91 Å². The topological polar surface area (TPSA) is 78.7 Å². The van der Waals surface area contributed by atoms with Crippen LogP contribution in [-0.4, -0.2) is 59.4 Å². The van der Waals surface area contributed by atoms with E-state index >= 15 is 0 Å². The zero-order valence-electron chi connectivity index (χ0n) is 15.2. The number of aromatic nitrogens is 1. The second-order valence-corrected chi connectivity index (χ2v) is 6.64. The molecule has 26 heavy (non-hydrogen) atoms. The Bertz CT molecular complexity index is 779. The summed E-state index contributed by atoms with van der Waals surface area (Å²) in [5.41, 5.74) is 2.00. The third-order valence-electron chi connectivity index (χ3n) is 4.47. The third-order valence-corrected chi connectivity index (χ3v) is 4.47. The highest BCUT2D eigenvalue weighted by molar-refractivity contribution is 6.04. The Kier molecular flexibility index (Phi) is 5.80. The Morgan fingerprint density at radius 3 is 2.50 bits per heavy atom. The van der Waals surface area contributed by atoms with Crippen molar-refractivity contribution in [1.29, 1.82) is 0 Å². The van der Waals surface area contributed by atoms with Gasteiger partial charge in [-0.2, -0.15) is 0 Å². The number of para-hydroxylation sites is 1. The summed E-state index contributed by atoms with van der Waals surface area (Å²) in [5.74, 6) is 0.713. The van der Waals surface area contributed by atoms with Crippen molar-refractivity contribution in [3.63, 3.8) is 0 Å². The molecule has 2 aromatic rings. The molecule has 1 aliphatic heterocycles. The van der Waals surface area contributed by atoms with Crippen LogP contribution in [0.4, 0.5) is 5.69 Å². The average molecular weight is 356 g/mol.